The van der Waals surface area contributed by atoms with Crippen LogP contribution >= 0.6 is 0 Å². The van der Waals surface area contributed by atoms with Crippen molar-refractivity contribution >= 4 is 16.2 Å². The molecule has 1 aromatic carbocycles. The molecule has 0 bridgehead atoms. The van der Waals surface area contributed by atoms with Crippen LogP contribution in [0.15, 0.2) is 11.5 Å². The van der Waals surface area contributed by atoms with Gasteiger partial charge in [-0.15, -0.1) is 0 Å². The summed E-state index contributed by atoms with van der Waals surface area (Å²) >= 11 is 0. The SMILES string of the molecule is C=Cc1c(F)c(F)c(S(=O)(=O)O)c(F)c1F. The van der Waals surface area contributed by atoms with Crippen LogP contribution in [0.5, 0.6) is 0 Å². The first-order valence-electron chi connectivity index (χ1n) is 3.67. The van der Waals surface area contributed by atoms with E-state index in [1.54, 1.807) is 0 Å². The van der Waals surface area contributed by atoms with Crippen molar-refractivity contribution < 1.29 is 30.5 Å². The molecule has 1 rings (SSSR count). The molecule has 0 radical (unpaired) electrons. The molecule has 3 nitrogen and oxygen atoms in total. The number of rotatable bonds is 2. The lowest BCUT2D eigenvalue weighted by molar-refractivity contribution is 0.402. The second-order valence-electron chi connectivity index (χ2n) is 2.68. The molecular formula is C8H4F4O3S. The Kier molecular flexibility index (Phi) is 3.06. The zero-order chi connectivity index (χ0) is 12.7. The number of hydrogen-bond acceptors (Lipinski definition) is 2. The van der Waals surface area contributed by atoms with Crippen molar-refractivity contribution in [1.82, 2.24) is 0 Å². The standard InChI is InChI=1S/C8H4F4O3S/c1-2-3-4(9)6(11)8(16(13,14)15)7(12)5(3)10/h2H,1H2,(H,13,14,15). The van der Waals surface area contributed by atoms with E-state index < -0.39 is 43.8 Å². The van der Waals surface area contributed by atoms with Crippen LogP contribution < -0.4 is 0 Å². The van der Waals surface area contributed by atoms with Crippen molar-refractivity contribution in [3.63, 3.8) is 0 Å². The fourth-order valence-corrected chi connectivity index (χ4v) is 1.67. The first-order chi connectivity index (χ1) is 7.21. The summed E-state index contributed by atoms with van der Waals surface area (Å²) in [5.74, 6) is -8.28. The van der Waals surface area contributed by atoms with Crippen LogP contribution in [-0.2, 0) is 10.1 Å². The predicted molar refractivity (Wildman–Crippen MR) is 46.2 cm³/mol. The van der Waals surface area contributed by atoms with Crippen molar-refractivity contribution in [2.45, 2.75) is 4.90 Å². The molecule has 0 spiro atoms. The Morgan fingerprint density at radius 3 is 1.62 bits per heavy atom. The molecule has 1 aromatic rings. The summed E-state index contributed by atoms with van der Waals surface area (Å²) in [7, 11) is -5.40. The van der Waals surface area contributed by atoms with Crippen LogP contribution in [-0.4, -0.2) is 13.0 Å². The quantitative estimate of drug-likeness (QED) is 0.501. The molecule has 0 amide bonds. The van der Waals surface area contributed by atoms with E-state index in [1.165, 1.54) is 0 Å². The highest BCUT2D eigenvalue weighted by Crippen LogP contribution is 2.27. The molecule has 0 aliphatic rings. The minimum Gasteiger partial charge on any atom is -0.282 e. The average Bonchev–Trinajstić information content (AvgIpc) is 2.14. The molecule has 8 heteroatoms. The summed E-state index contributed by atoms with van der Waals surface area (Å²) in [6.07, 6.45) is 0.477. The van der Waals surface area contributed by atoms with Gasteiger partial charge in [0.2, 0.25) is 0 Å². The second-order valence-corrected chi connectivity index (χ2v) is 4.04. The van der Waals surface area contributed by atoms with Gasteiger partial charge in [-0.1, -0.05) is 12.7 Å². The lowest BCUT2D eigenvalue weighted by atomic mass is 10.2. The van der Waals surface area contributed by atoms with Crippen LogP contribution in [0, 0.1) is 23.3 Å². The van der Waals surface area contributed by atoms with Gasteiger partial charge in [0.1, 0.15) is 0 Å². The average molecular weight is 256 g/mol. The minimum atomic E-state index is -5.40. The van der Waals surface area contributed by atoms with Crippen LogP contribution in [0.25, 0.3) is 6.08 Å². The highest BCUT2D eigenvalue weighted by Gasteiger charge is 2.30. The third kappa shape index (κ3) is 1.81. The monoisotopic (exact) mass is 256 g/mol. The predicted octanol–water partition coefficient (Wildman–Crippen LogP) is 2.13. The van der Waals surface area contributed by atoms with Crippen molar-refractivity contribution in [1.29, 1.82) is 0 Å². The van der Waals surface area contributed by atoms with Gasteiger partial charge in [0, 0.05) is 0 Å². The summed E-state index contributed by atoms with van der Waals surface area (Å²) in [6.45, 7) is 2.90. The van der Waals surface area contributed by atoms with E-state index in [4.69, 9.17) is 4.55 Å². The zero-order valence-electron chi connectivity index (χ0n) is 7.47. The Hall–Kier alpha value is -1.41. The summed E-state index contributed by atoms with van der Waals surface area (Å²) in [4.78, 5) is -2.06. The summed E-state index contributed by atoms with van der Waals surface area (Å²) in [6, 6.07) is 0. The van der Waals surface area contributed by atoms with E-state index in [2.05, 4.69) is 6.58 Å². The Balaban J connectivity index is 3.89. The lowest BCUT2D eigenvalue weighted by Crippen LogP contribution is -2.11. The fraction of sp³-hybridized carbons (Fsp3) is 0. The molecule has 0 aromatic heterocycles. The van der Waals surface area contributed by atoms with Crippen molar-refractivity contribution in [3.05, 3.63) is 35.4 Å². The number of benzene rings is 1. The van der Waals surface area contributed by atoms with E-state index in [0.717, 1.165) is 0 Å². The van der Waals surface area contributed by atoms with Crippen molar-refractivity contribution in [3.8, 4) is 0 Å². The molecule has 0 unspecified atom stereocenters. The van der Waals surface area contributed by atoms with Crippen LogP contribution in [0.3, 0.4) is 0 Å². The van der Waals surface area contributed by atoms with E-state index in [9.17, 15) is 26.0 Å². The third-order valence-electron chi connectivity index (χ3n) is 1.72. The molecule has 88 valence electrons. The largest absolute Gasteiger partial charge is 0.300 e. The van der Waals surface area contributed by atoms with Crippen LogP contribution in [0.4, 0.5) is 17.6 Å². The van der Waals surface area contributed by atoms with E-state index >= 15 is 0 Å². The molecule has 1 N–H and O–H groups in total. The van der Waals surface area contributed by atoms with Gasteiger partial charge < -0.3 is 0 Å². The summed E-state index contributed by atoms with van der Waals surface area (Å²) in [5.41, 5.74) is -1.15. The van der Waals surface area contributed by atoms with Gasteiger partial charge >= 0.3 is 10.1 Å². The third-order valence-corrected chi connectivity index (χ3v) is 2.59. The van der Waals surface area contributed by atoms with Gasteiger partial charge in [0.15, 0.2) is 28.2 Å². The summed E-state index contributed by atoms with van der Waals surface area (Å²) in [5, 5.41) is 0. The molecule has 0 saturated carbocycles. The van der Waals surface area contributed by atoms with E-state index in [-0.39, 0.29) is 0 Å². The maximum Gasteiger partial charge on any atom is 0.300 e. The van der Waals surface area contributed by atoms with Gasteiger partial charge in [0.05, 0.1) is 5.56 Å². The Morgan fingerprint density at radius 2 is 1.38 bits per heavy atom. The summed E-state index contributed by atoms with van der Waals surface area (Å²) < 4.78 is 81.4. The minimum absolute atomic E-state index is 0.477. The molecule has 0 heterocycles. The molecule has 16 heavy (non-hydrogen) atoms. The Morgan fingerprint density at radius 1 is 1.00 bits per heavy atom. The van der Waals surface area contributed by atoms with Crippen LogP contribution in [0.1, 0.15) is 5.56 Å². The smallest absolute Gasteiger partial charge is 0.282 e. The Bertz CT molecular complexity index is 536. The van der Waals surface area contributed by atoms with Crippen LogP contribution in [0.2, 0.25) is 0 Å². The van der Waals surface area contributed by atoms with Gasteiger partial charge in [0.25, 0.3) is 0 Å². The molecular weight excluding hydrogens is 252 g/mol. The first-order valence-corrected chi connectivity index (χ1v) is 5.11. The van der Waals surface area contributed by atoms with Crippen molar-refractivity contribution in [2.24, 2.45) is 0 Å². The fourth-order valence-electron chi connectivity index (χ4n) is 1.03. The second kappa shape index (κ2) is 3.87. The van der Waals surface area contributed by atoms with Gasteiger partial charge in [-0.3, -0.25) is 4.55 Å². The molecule has 0 saturated heterocycles. The van der Waals surface area contributed by atoms with Gasteiger partial charge in [-0.2, -0.15) is 8.42 Å². The Labute approximate surface area is 87.8 Å². The molecule has 0 fully saturated rings. The first kappa shape index (κ1) is 12.7. The number of hydrogen-bond donors (Lipinski definition) is 1. The van der Waals surface area contributed by atoms with E-state index in [1.807, 2.05) is 0 Å². The molecule has 0 atom stereocenters. The molecule has 0 aliphatic carbocycles. The van der Waals surface area contributed by atoms with E-state index in [0.29, 0.717) is 6.08 Å². The topological polar surface area (TPSA) is 54.4 Å². The lowest BCUT2D eigenvalue weighted by Gasteiger charge is -2.06. The zero-order valence-corrected chi connectivity index (χ0v) is 8.28. The number of halogens is 4. The maximum absolute atomic E-state index is 13.0. The normalized spacial score (nSPS) is 11.6. The maximum atomic E-state index is 13.0. The highest BCUT2D eigenvalue weighted by molar-refractivity contribution is 7.85. The highest BCUT2D eigenvalue weighted by atomic mass is 32.2. The van der Waals surface area contributed by atoms with Gasteiger partial charge in [-0.05, 0) is 0 Å². The van der Waals surface area contributed by atoms with Crippen molar-refractivity contribution in [2.75, 3.05) is 0 Å². The molecule has 0 aliphatic heterocycles. The van der Waals surface area contributed by atoms with Gasteiger partial charge in [-0.25, -0.2) is 17.6 Å².